The molecule has 7 heteroatoms. The average Bonchev–Trinajstić information content (AvgIpc) is 3.37. The molecule has 31 heavy (non-hydrogen) atoms. The van der Waals surface area contributed by atoms with Gasteiger partial charge in [-0.1, -0.05) is 23.7 Å². The fourth-order valence-corrected chi connectivity index (χ4v) is 4.22. The minimum atomic E-state index is -0.715. The zero-order chi connectivity index (χ0) is 22.0. The molecule has 0 saturated carbocycles. The van der Waals surface area contributed by atoms with E-state index in [4.69, 9.17) is 21.1 Å². The monoisotopic (exact) mass is 441 g/mol. The number of carbonyl (C=O) groups is 2. The van der Waals surface area contributed by atoms with Crippen molar-refractivity contribution >= 4 is 29.1 Å². The van der Waals surface area contributed by atoms with Crippen LogP contribution >= 0.6 is 11.6 Å². The minimum Gasteiger partial charge on any atom is -0.507 e. The fraction of sp³-hybridized carbons (Fsp3) is 0.333. The Morgan fingerprint density at radius 3 is 2.48 bits per heavy atom. The van der Waals surface area contributed by atoms with Crippen LogP contribution in [0.15, 0.2) is 54.1 Å². The molecule has 0 spiro atoms. The van der Waals surface area contributed by atoms with Gasteiger partial charge in [0.15, 0.2) is 0 Å². The number of amides is 1. The molecule has 4 rings (SSSR count). The third-order valence-corrected chi connectivity index (χ3v) is 5.84. The van der Waals surface area contributed by atoms with Gasteiger partial charge in [-0.05, 0) is 61.7 Å². The summed E-state index contributed by atoms with van der Waals surface area (Å²) in [5, 5.41) is 11.6. The Morgan fingerprint density at radius 2 is 1.87 bits per heavy atom. The molecule has 162 valence electrons. The van der Waals surface area contributed by atoms with Crippen molar-refractivity contribution in [1.82, 2.24) is 4.90 Å². The Labute approximate surface area is 186 Å². The number of carbonyl (C=O) groups excluding carboxylic acids is 2. The molecule has 2 aliphatic rings. The van der Waals surface area contributed by atoms with Gasteiger partial charge in [0.1, 0.15) is 11.5 Å². The summed E-state index contributed by atoms with van der Waals surface area (Å²) >= 11 is 6.04. The molecule has 0 aliphatic carbocycles. The maximum Gasteiger partial charge on any atom is 0.295 e. The molecule has 6 nitrogen and oxygen atoms in total. The molecular weight excluding hydrogens is 418 g/mol. The number of hydrogen-bond acceptors (Lipinski definition) is 5. The van der Waals surface area contributed by atoms with Gasteiger partial charge in [-0.15, -0.1) is 0 Å². The maximum atomic E-state index is 13.0. The second-order valence-electron chi connectivity index (χ2n) is 7.60. The number of aliphatic hydroxyl groups is 1. The first-order valence-electron chi connectivity index (χ1n) is 10.4. The second kappa shape index (κ2) is 9.12. The number of nitrogens with zero attached hydrogens (tertiary/aromatic N) is 1. The van der Waals surface area contributed by atoms with Gasteiger partial charge in [0.25, 0.3) is 11.7 Å². The molecule has 2 unspecified atom stereocenters. The van der Waals surface area contributed by atoms with Gasteiger partial charge in [-0.3, -0.25) is 9.59 Å². The molecule has 2 atom stereocenters. The van der Waals surface area contributed by atoms with Gasteiger partial charge in [-0.25, -0.2) is 0 Å². The molecular formula is C24H24ClNO5. The summed E-state index contributed by atoms with van der Waals surface area (Å²) in [5.41, 5.74) is 1.21. The molecule has 1 N–H and O–H groups in total. The lowest BCUT2D eigenvalue weighted by atomic mass is 9.95. The molecule has 2 saturated heterocycles. The first-order chi connectivity index (χ1) is 15.0. The number of halogens is 1. The molecule has 2 aromatic carbocycles. The smallest absolute Gasteiger partial charge is 0.295 e. The third kappa shape index (κ3) is 4.31. The van der Waals surface area contributed by atoms with Gasteiger partial charge in [0, 0.05) is 23.7 Å². The third-order valence-electron chi connectivity index (χ3n) is 5.59. The Hall–Kier alpha value is -2.83. The first kappa shape index (κ1) is 21.4. The highest BCUT2D eigenvalue weighted by molar-refractivity contribution is 6.46. The number of aliphatic hydroxyl groups excluding tert-OH is 1. The van der Waals surface area contributed by atoms with Crippen molar-refractivity contribution in [2.75, 3.05) is 19.8 Å². The molecule has 2 heterocycles. The van der Waals surface area contributed by atoms with Crippen molar-refractivity contribution in [2.24, 2.45) is 0 Å². The van der Waals surface area contributed by atoms with Gasteiger partial charge < -0.3 is 19.5 Å². The molecule has 1 amide bonds. The molecule has 2 fully saturated rings. The van der Waals surface area contributed by atoms with E-state index in [1.807, 2.05) is 6.92 Å². The number of Topliss-reactive ketones (excluding diaryl/α,β-unsaturated/α-hetero) is 1. The normalized spacial score (nSPS) is 22.8. The molecule has 2 aliphatic heterocycles. The zero-order valence-electron chi connectivity index (χ0n) is 17.2. The van der Waals surface area contributed by atoms with Crippen LogP contribution in [-0.2, 0) is 14.3 Å². The largest absolute Gasteiger partial charge is 0.507 e. The van der Waals surface area contributed by atoms with Crippen molar-refractivity contribution in [2.45, 2.75) is 31.9 Å². The number of benzene rings is 2. The Balaban J connectivity index is 1.77. The van der Waals surface area contributed by atoms with Crippen LogP contribution in [0.3, 0.4) is 0 Å². The van der Waals surface area contributed by atoms with Gasteiger partial charge in [-0.2, -0.15) is 0 Å². The van der Waals surface area contributed by atoms with Crippen LogP contribution in [0.5, 0.6) is 5.75 Å². The highest BCUT2D eigenvalue weighted by Crippen LogP contribution is 2.40. The van der Waals surface area contributed by atoms with Crippen LogP contribution in [-0.4, -0.2) is 47.6 Å². The summed E-state index contributed by atoms with van der Waals surface area (Å²) < 4.78 is 11.1. The summed E-state index contributed by atoms with van der Waals surface area (Å²) in [7, 11) is 0. The Kier molecular flexibility index (Phi) is 6.30. The summed E-state index contributed by atoms with van der Waals surface area (Å²) in [4.78, 5) is 27.5. The van der Waals surface area contributed by atoms with E-state index in [9.17, 15) is 14.7 Å². The highest BCUT2D eigenvalue weighted by atomic mass is 35.5. The minimum absolute atomic E-state index is 0.0643. The van der Waals surface area contributed by atoms with E-state index in [0.29, 0.717) is 35.1 Å². The Morgan fingerprint density at radius 1 is 1.16 bits per heavy atom. The quantitative estimate of drug-likeness (QED) is 0.410. The van der Waals surface area contributed by atoms with Gasteiger partial charge in [0.05, 0.1) is 24.3 Å². The van der Waals surface area contributed by atoms with E-state index in [-0.39, 0.29) is 24.0 Å². The van der Waals surface area contributed by atoms with Crippen molar-refractivity contribution in [3.05, 3.63) is 70.3 Å². The summed E-state index contributed by atoms with van der Waals surface area (Å²) in [6.45, 7) is 3.34. The number of hydrogen-bond donors (Lipinski definition) is 1. The van der Waals surface area contributed by atoms with Gasteiger partial charge in [0.2, 0.25) is 0 Å². The molecule has 2 aromatic rings. The molecule has 0 radical (unpaired) electrons. The van der Waals surface area contributed by atoms with E-state index in [1.165, 1.54) is 4.90 Å². The van der Waals surface area contributed by atoms with Crippen LogP contribution < -0.4 is 4.74 Å². The predicted molar refractivity (Wildman–Crippen MR) is 117 cm³/mol. The Bertz CT molecular complexity index is 994. The van der Waals surface area contributed by atoms with E-state index >= 15 is 0 Å². The lowest BCUT2D eigenvalue weighted by Crippen LogP contribution is -2.36. The highest BCUT2D eigenvalue weighted by Gasteiger charge is 2.47. The van der Waals surface area contributed by atoms with E-state index < -0.39 is 17.7 Å². The maximum absolute atomic E-state index is 13.0. The summed E-state index contributed by atoms with van der Waals surface area (Å²) in [6.07, 6.45) is 1.63. The van der Waals surface area contributed by atoms with Crippen LogP contribution in [0.2, 0.25) is 5.02 Å². The SMILES string of the molecule is CCOc1ccc(C(O)=C2C(=O)C(=O)N(CC3CCCO3)C2c2ccc(Cl)cc2)cc1. The molecule has 0 aromatic heterocycles. The number of rotatable bonds is 6. The van der Waals surface area contributed by atoms with Crippen molar-refractivity contribution < 1.29 is 24.2 Å². The fourth-order valence-electron chi connectivity index (χ4n) is 4.10. The van der Waals surface area contributed by atoms with E-state index in [0.717, 1.165) is 12.8 Å². The number of ketones is 1. The zero-order valence-corrected chi connectivity index (χ0v) is 18.0. The van der Waals surface area contributed by atoms with E-state index in [2.05, 4.69) is 0 Å². The second-order valence-corrected chi connectivity index (χ2v) is 8.03. The lowest BCUT2D eigenvalue weighted by Gasteiger charge is -2.27. The number of ether oxygens (including phenoxy) is 2. The molecule has 0 bridgehead atoms. The lowest BCUT2D eigenvalue weighted by molar-refractivity contribution is -0.140. The standard InChI is InChI=1S/C24H24ClNO5/c1-2-30-18-11-7-16(8-12-18)22(27)20-21(15-5-9-17(25)10-6-15)26(24(29)23(20)28)14-19-4-3-13-31-19/h5-12,19,21,27H,2-4,13-14H2,1H3. The van der Waals surface area contributed by atoms with E-state index in [1.54, 1.807) is 48.5 Å². The van der Waals surface area contributed by atoms with Crippen molar-refractivity contribution in [3.8, 4) is 5.75 Å². The summed E-state index contributed by atoms with van der Waals surface area (Å²) in [6, 6.07) is 13.0. The van der Waals surface area contributed by atoms with Crippen LogP contribution in [0.4, 0.5) is 0 Å². The van der Waals surface area contributed by atoms with Crippen molar-refractivity contribution in [3.63, 3.8) is 0 Å². The van der Waals surface area contributed by atoms with Crippen LogP contribution in [0.25, 0.3) is 5.76 Å². The van der Waals surface area contributed by atoms with Crippen molar-refractivity contribution in [1.29, 1.82) is 0 Å². The average molecular weight is 442 g/mol. The van der Waals surface area contributed by atoms with Crippen LogP contribution in [0, 0.1) is 0 Å². The predicted octanol–water partition coefficient (Wildman–Crippen LogP) is 4.34. The number of likely N-dealkylation sites (tertiary alicyclic amines) is 1. The summed E-state index contributed by atoms with van der Waals surface area (Å²) in [5.74, 6) is -0.893. The topological polar surface area (TPSA) is 76.1 Å². The van der Waals surface area contributed by atoms with Crippen LogP contribution in [0.1, 0.15) is 36.9 Å². The van der Waals surface area contributed by atoms with Gasteiger partial charge >= 0.3 is 0 Å². The first-order valence-corrected chi connectivity index (χ1v) is 10.8.